The molecule has 0 aromatic heterocycles. The Morgan fingerprint density at radius 2 is 1.80 bits per heavy atom. The minimum atomic E-state index is -1.21. The molecule has 2 bridgehead atoms. The van der Waals surface area contributed by atoms with Gasteiger partial charge in [0.25, 0.3) is 5.69 Å². The van der Waals surface area contributed by atoms with Crippen molar-refractivity contribution in [2.75, 3.05) is 0 Å². The zero-order chi connectivity index (χ0) is 24.8. The van der Waals surface area contributed by atoms with Crippen LogP contribution in [0.15, 0.2) is 24.3 Å². The van der Waals surface area contributed by atoms with Gasteiger partial charge in [0.2, 0.25) is 11.6 Å². The van der Waals surface area contributed by atoms with E-state index in [1.807, 2.05) is 6.92 Å². The Balaban J connectivity index is 1.19. The van der Waals surface area contributed by atoms with Crippen molar-refractivity contribution in [1.29, 1.82) is 0 Å². The van der Waals surface area contributed by atoms with E-state index in [1.54, 1.807) is 0 Å². The second kappa shape index (κ2) is 8.97. The molecule has 35 heavy (non-hydrogen) atoms. The molecule has 1 saturated heterocycles. The fourth-order valence-corrected chi connectivity index (χ4v) is 6.34. The van der Waals surface area contributed by atoms with Crippen molar-refractivity contribution in [1.82, 2.24) is 0 Å². The van der Waals surface area contributed by atoms with Crippen molar-refractivity contribution in [3.05, 3.63) is 34.4 Å². The van der Waals surface area contributed by atoms with Crippen LogP contribution in [0.4, 0.5) is 10.5 Å². The van der Waals surface area contributed by atoms with Gasteiger partial charge < -0.3 is 14.6 Å². The Morgan fingerprint density at radius 1 is 1.09 bits per heavy atom. The van der Waals surface area contributed by atoms with E-state index in [4.69, 9.17) is 29.0 Å². The van der Waals surface area contributed by atoms with Gasteiger partial charge in [0.05, 0.1) is 10.5 Å². The fraction of sp³-hybridized carbons (Fsp3) is 0.708. The Kier molecular flexibility index (Phi) is 6.25. The zero-order valence-corrected chi connectivity index (χ0v) is 19.8. The normalized spacial score (nSPS) is 40.9. The van der Waals surface area contributed by atoms with Crippen LogP contribution >= 0.6 is 0 Å². The lowest BCUT2D eigenvalue weighted by Gasteiger charge is -2.57. The Labute approximate surface area is 202 Å². The molecule has 1 aromatic rings. The lowest BCUT2D eigenvalue weighted by Crippen LogP contribution is -2.65. The summed E-state index contributed by atoms with van der Waals surface area (Å²) in [6, 6.07) is 5.14. The molecule has 2 spiro atoms. The fourth-order valence-electron chi connectivity index (χ4n) is 6.34. The van der Waals surface area contributed by atoms with E-state index in [9.17, 15) is 20.0 Å². The van der Waals surface area contributed by atoms with E-state index < -0.39 is 34.4 Å². The quantitative estimate of drug-likeness (QED) is 0.210. The molecule has 1 heterocycles. The molecule has 5 unspecified atom stereocenters. The highest BCUT2D eigenvalue weighted by Crippen LogP contribution is 2.56. The molecule has 3 aliphatic carbocycles. The van der Waals surface area contributed by atoms with Gasteiger partial charge in [-0.1, -0.05) is 13.8 Å². The van der Waals surface area contributed by atoms with E-state index in [1.165, 1.54) is 24.3 Å². The summed E-state index contributed by atoms with van der Waals surface area (Å²) in [4.78, 5) is 46.2. The van der Waals surface area contributed by atoms with Gasteiger partial charge in [-0.05, 0) is 56.6 Å². The average molecular weight is 494 g/mol. The molecule has 11 nitrogen and oxygen atoms in total. The lowest BCUT2D eigenvalue weighted by atomic mass is 9.60. The standard InChI is InChI=1S/C24H31NO10/c1-15-10-17-13-22(27,11-15)12-16(2)24(17)34-32-23(33-35-24)9-3-4-20(14-23)31-21(26)30-19-7-5-18(6-8-19)25(28)29/h5-8,15-17,20,27H,3-4,9-14H2,1-2H3. The van der Waals surface area contributed by atoms with Gasteiger partial charge in [0, 0.05) is 36.8 Å². The van der Waals surface area contributed by atoms with Crippen LogP contribution in [0.5, 0.6) is 5.75 Å². The Bertz CT molecular complexity index is 956. The third-order valence-corrected chi connectivity index (χ3v) is 7.77. The first-order valence-electron chi connectivity index (χ1n) is 12.2. The summed E-state index contributed by atoms with van der Waals surface area (Å²) in [5.41, 5.74) is -0.827. The number of nitro groups is 1. The van der Waals surface area contributed by atoms with Crippen LogP contribution in [0.1, 0.15) is 65.2 Å². The highest BCUT2D eigenvalue weighted by atomic mass is 17.4. The SMILES string of the molecule is CC1CC2CC(O)(C1)CC(C)C21OOC2(CCCC(OC(=O)Oc3ccc([N+](=O)[O-])cc3)C2)OO1. The number of aliphatic hydroxyl groups is 1. The number of ether oxygens (including phenoxy) is 2. The van der Waals surface area contributed by atoms with E-state index in [-0.39, 0.29) is 29.7 Å². The number of fused-ring (bicyclic) bond motifs is 3. The Hall–Kier alpha value is -2.31. The number of hydrogen-bond acceptors (Lipinski definition) is 10. The van der Waals surface area contributed by atoms with Gasteiger partial charge in [-0.3, -0.25) is 10.1 Å². The van der Waals surface area contributed by atoms with Gasteiger partial charge in [0.15, 0.2) is 0 Å². The minimum Gasteiger partial charge on any atom is -0.430 e. The number of carbonyl (C=O) groups is 1. The minimum absolute atomic E-state index is 0.0651. The highest BCUT2D eigenvalue weighted by molar-refractivity contribution is 5.64. The molecule has 1 aromatic carbocycles. The largest absolute Gasteiger partial charge is 0.514 e. The first-order valence-corrected chi connectivity index (χ1v) is 12.2. The van der Waals surface area contributed by atoms with Crippen LogP contribution in [-0.4, -0.2) is 39.5 Å². The molecule has 5 rings (SSSR count). The third kappa shape index (κ3) is 4.75. The summed E-state index contributed by atoms with van der Waals surface area (Å²) >= 11 is 0. The maximum atomic E-state index is 12.3. The average Bonchev–Trinajstić information content (AvgIpc) is 2.78. The molecule has 0 radical (unpaired) electrons. The van der Waals surface area contributed by atoms with E-state index in [0.717, 1.165) is 12.8 Å². The molecule has 4 fully saturated rings. The number of rotatable bonds is 3. The van der Waals surface area contributed by atoms with Gasteiger partial charge >= 0.3 is 6.16 Å². The molecular weight excluding hydrogens is 462 g/mol. The molecule has 0 amide bonds. The summed E-state index contributed by atoms with van der Waals surface area (Å²) in [6.07, 6.45) is 3.15. The van der Waals surface area contributed by atoms with Crippen molar-refractivity contribution >= 4 is 11.8 Å². The number of carbonyl (C=O) groups excluding carboxylic acids is 1. The first-order chi connectivity index (χ1) is 16.6. The van der Waals surface area contributed by atoms with Crippen LogP contribution in [-0.2, 0) is 24.3 Å². The van der Waals surface area contributed by atoms with Gasteiger partial charge in [0.1, 0.15) is 11.9 Å². The summed E-state index contributed by atoms with van der Waals surface area (Å²) < 4.78 is 10.6. The van der Waals surface area contributed by atoms with E-state index in [0.29, 0.717) is 38.0 Å². The third-order valence-electron chi connectivity index (χ3n) is 7.77. The van der Waals surface area contributed by atoms with Crippen LogP contribution in [0.25, 0.3) is 0 Å². The maximum Gasteiger partial charge on any atom is 0.514 e. The number of benzene rings is 1. The van der Waals surface area contributed by atoms with Crippen LogP contribution in [0, 0.1) is 27.9 Å². The van der Waals surface area contributed by atoms with Crippen LogP contribution in [0.3, 0.4) is 0 Å². The van der Waals surface area contributed by atoms with E-state index in [2.05, 4.69) is 6.92 Å². The van der Waals surface area contributed by atoms with Crippen molar-refractivity contribution < 1.29 is 43.8 Å². The van der Waals surface area contributed by atoms with Crippen molar-refractivity contribution in [3.63, 3.8) is 0 Å². The molecule has 1 N–H and O–H groups in total. The molecule has 4 aliphatic rings. The van der Waals surface area contributed by atoms with Crippen LogP contribution in [0.2, 0.25) is 0 Å². The summed E-state index contributed by atoms with van der Waals surface area (Å²) in [7, 11) is 0. The maximum absolute atomic E-state index is 12.3. The molecule has 3 saturated carbocycles. The second-order valence-electron chi connectivity index (χ2n) is 10.7. The molecule has 1 aliphatic heterocycles. The summed E-state index contributed by atoms with van der Waals surface area (Å²) in [5.74, 6) is -2.03. The monoisotopic (exact) mass is 493 g/mol. The Morgan fingerprint density at radius 3 is 2.49 bits per heavy atom. The van der Waals surface area contributed by atoms with Gasteiger partial charge in [-0.25, -0.2) is 4.79 Å². The van der Waals surface area contributed by atoms with Crippen LogP contribution < -0.4 is 4.74 Å². The number of hydrogen-bond donors (Lipinski definition) is 1. The van der Waals surface area contributed by atoms with Gasteiger partial charge in [-0.2, -0.15) is 19.6 Å². The highest BCUT2D eigenvalue weighted by Gasteiger charge is 2.63. The van der Waals surface area contributed by atoms with Gasteiger partial charge in [-0.15, -0.1) is 0 Å². The smallest absolute Gasteiger partial charge is 0.430 e. The van der Waals surface area contributed by atoms with Crippen molar-refractivity contribution in [2.45, 2.75) is 88.5 Å². The number of nitro benzene ring substituents is 1. The topological polar surface area (TPSA) is 136 Å². The predicted molar refractivity (Wildman–Crippen MR) is 117 cm³/mol. The first kappa shape index (κ1) is 24.4. The second-order valence-corrected chi connectivity index (χ2v) is 10.7. The molecule has 11 heteroatoms. The number of nitrogens with zero attached hydrogens (tertiary/aromatic N) is 1. The van der Waals surface area contributed by atoms with Crippen molar-refractivity contribution in [2.24, 2.45) is 17.8 Å². The molecule has 5 atom stereocenters. The summed E-state index contributed by atoms with van der Waals surface area (Å²) in [5, 5.41) is 21.7. The lowest BCUT2D eigenvalue weighted by molar-refractivity contribution is -0.678. The molecule has 192 valence electrons. The zero-order valence-electron chi connectivity index (χ0n) is 19.8. The van der Waals surface area contributed by atoms with E-state index >= 15 is 0 Å². The predicted octanol–water partition coefficient (Wildman–Crippen LogP) is 4.56. The molecular formula is C24H31NO10. The summed E-state index contributed by atoms with van der Waals surface area (Å²) in [6.45, 7) is 4.09. The number of non-ortho nitro benzene ring substituents is 1. The van der Waals surface area contributed by atoms with Crippen molar-refractivity contribution in [3.8, 4) is 5.75 Å².